The van der Waals surface area contributed by atoms with Crippen LogP contribution in [0.3, 0.4) is 0 Å². The van der Waals surface area contributed by atoms with E-state index in [1.165, 1.54) is 6.20 Å². The molecule has 1 aromatic heterocycles. The number of carbonyl (C=O) groups excluding carboxylic acids is 1. The number of carbonyl (C=O) groups is 1. The molecule has 0 fully saturated rings. The van der Waals surface area contributed by atoms with Crippen LogP contribution in [-0.2, 0) is 11.3 Å². The van der Waals surface area contributed by atoms with E-state index in [-0.39, 0.29) is 17.5 Å². The molecule has 0 spiro atoms. The third kappa shape index (κ3) is 3.20. The molecule has 1 N–H and O–H groups in total. The highest BCUT2D eigenvalue weighted by Crippen LogP contribution is 1.97. The first-order valence-corrected chi connectivity index (χ1v) is 5.64. The molecule has 0 bridgehead atoms. The van der Waals surface area contributed by atoms with Crippen molar-refractivity contribution in [3.63, 3.8) is 0 Å². The molecule has 0 aromatic carbocycles. The molecule has 0 atom stereocenters. The Morgan fingerprint density at radius 2 is 2.00 bits per heavy atom. The molecular formula is C10H14ClN3O3. The van der Waals surface area contributed by atoms with Crippen LogP contribution in [0.4, 0.5) is 0 Å². The second-order valence-corrected chi connectivity index (χ2v) is 3.84. The summed E-state index contributed by atoms with van der Waals surface area (Å²) in [6, 6.07) is 0. The minimum atomic E-state index is -0.650. The number of nitrogens with one attached hydrogen (secondary N) is 1. The Morgan fingerprint density at radius 3 is 2.53 bits per heavy atom. The van der Waals surface area contributed by atoms with E-state index >= 15 is 0 Å². The number of aromatic amines is 1. The summed E-state index contributed by atoms with van der Waals surface area (Å²) in [5.74, 6) is -0.194. The summed E-state index contributed by atoms with van der Waals surface area (Å²) in [6.07, 6.45) is 1.17. The lowest BCUT2D eigenvalue weighted by Gasteiger charge is -2.18. The fraction of sp³-hybridized carbons (Fsp3) is 0.500. The molecule has 6 nitrogen and oxygen atoms in total. The van der Waals surface area contributed by atoms with Crippen molar-refractivity contribution in [1.82, 2.24) is 14.5 Å². The normalized spacial score (nSPS) is 10.3. The van der Waals surface area contributed by atoms with Crippen LogP contribution in [0, 0.1) is 0 Å². The fourth-order valence-electron chi connectivity index (χ4n) is 1.42. The first kappa shape index (κ1) is 13.5. The quantitative estimate of drug-likeness (QED) is 0.831. The Morgan fingerprint density at radius 1 is 1.41 bits per heavy atom. The summed E-state index contributed by atoms with van der Waals surface area (Å²) in [5, 5.41) is -0.114. The van der Waals surface area contributed by atoms with Gasteiger partial charge in [0.25, 0.3) is 5.56 Å². The van der Waals surface area contributed by atoms with Crippen LogP contribution in [0.25, 0.3) is 0 Å². The maximum absolute atomic E-state index is 11.8. The SMILES string of the molecule is CCN(CC)C(=O)Cn1cc(Cl)c(=O)[nH]c1=O. The Kier molecular flexibility index (Phi) is 4.51. The maximum Gasteiger partial charge on any atom is 0.328 e. The molecule has 0 saturated heterocycles. The third-order valence-electron chi connectivity index (χ3n) is 2.39. The smallest absolute Gasteiger partial charge is 0.328 e. The van der Waals surface area contributed by atoms with Crippen molar-refractivity contribution in [2.45, 2.75) is 20.4 Å². The average molecular weight is 260 g/mol. The van der Waals surface area contributed by atoms with E-state index in [1.807, 2.05) is 18.8 Å². The minimum Gasteiger partial charge on any atom is -0.342 e. The van der Waals surface area contributed by atoms with Gasteiger partial charge in [-0.2, -0.15) is 0 Å². The van der Waals surface area contributed by atoms with E-state index in [4.69, 9.17) is 11.6 Å². The van der Waals surface area contributed by atoms with Gasteiger partial charge < -0.3 is 4.90 Å². The van der Waals surface area contributed by atoms with Crippen molar-refractivity contribution < 1.29 is 4.79 Å². The van der Waals surface area contributed by atoms with Gasteiger partial charge in [-0.3, -0.25) is 19.1 Å². The van der Waals surface area contributed by atoms with Gasteiger partial charge in [-0.25, -0.2) is 4.79 Å². The van der Waals surface area contributed by atoms with Crippen molar-refractivity contribution in [1.29, 1.82) is 0 Å². The lowest BCUT2D eigenvalue weighted by atomic mass is 10.4. The predicted molar refractivity (Wildman–Crippen MR) is 64.3 cm³/mol. The van der Waals surface area contributed by atoms with Gasteiger partial charge in [0.1, 0.15) is 11.6 Å². The summed E-state index contributed by atoms with van der Waals surface area (Å²) >= 11 is 5.59. The number of likely N-dealkylation sites (N-methyl/N-ethyl adjacent to an activating group) is 1. The number of halogens is 1. The van der Waals surface area contributed by atoms with Gasteiger partial charge in [0.2, 0.25) is 5.91 Å². The first-order valence-electron chi connectivity index (χ1n) is 5.26. The van der Waals surface area contributed by atoms with E-state index in [9.17, 15) is 14.4 Å². The first-order chi connectivity index (χ1) is 7.99. The minimum absolute atomic E-state index is 0.114. The number of hydrogen-bond acceptors (Lipinski definition) is 3. The summed E-state index contributed by atoms with van der Waals surface area (Å²) < 4.78 is 1.09. The fourth-order valence-corrected chi connectivity index (χ4v) is 1.59. The largest absolute Gasteiger partial charge is 0.342 e. The zero-order valence-corrected chi connectivity index (χ0v) is 10.5. The van der Waals surface area contributed by atoms with E-state index in [0.717, 1.165) is 4.57 Å². The standard InChI is InChI=1S/C10H14ClN3O3/c1-3-13(4-2)8(15)6-14-5-7(11)9(16)12-10(14)17/h5H,3-4,6H2,1-2H3,(H,12,16,17). The Balaban J connectivity index is 2.96. The average Bonchev–Trinajstić information content (AvgIpc) is 2.27. The van der Waals surface area contributed by atoms with Gasteiger partial charge in [-0.15, -0.1) is 0 Å². The lowest BCUT2D eigenvalue weighted by molar-refractivity contribution is -0.131. The van der Waals surface area contributed by atoms with Gasteiger partial charge in [-0.1, -0.05) is 11.6 Å². The molecule has 0 aliphatic heterocycles. The molecule has 0 aliphatic rings. The maximum atomic E-state index is 11.8. The van der Waals surface area contributed by atoms with Crippen molar-refractivity contribution in [3.8, 4) is 0 Å². The number of rotatable bonds is 4. The molecule has 1 rings (SSSR count). The Labute approximate surface area is 103 Å². The van der Waals surface area contributed by atoms with Crippen LogP contribution >= 0.6 is 11.6 Å². The molecule has 1 amide bonds. The third-order valence-corrected chi connectivity index (χ3v) is 2.66. The van der Waals surface area contributed by atoms with Crippen LogP contribution in [0.1, 0.15) is 13.8 Å². The molecular weight excluding hydrogens is 246 g/mol. The second kappa shape index (κ2) is 5.67. The van der Waals surface area contributed by atoms with Gasteiger partial charge in [0, 0.05) is 19.3 Å². The summed E-state index contributed by atoms with van der Waals surface area (Å²) in [5.41, 5.74) is -1.29. The van der Waals surface area contributed by atoms with Crippen LogP contribution in [-0.4, -0.2) is 33.4 Å². The van der Waals surface area contributed by atoms with E-state index < -0.39 is 11.2 Å². The van der Waals surface area contributed by atoms with Gasteiger partial charge in [-0.05, 0) is 13.8 Å². The molecule has 94 valence electrons. The van der Waals surface area contributed by atoms with E-state index in [0.29, 0.717) is 13.1 Å². The number of amides is 1. The molecule has 1 aromatic rings. The second-order valence-electron chi connectivity index (χ2n) is 3.43. The van der Waals surface area contributed by atoms with Crippen LogP contribution in [0.5, 0.6) is 0 Å². The highest BCUT2D eigenvalue weighted by molar-refractivity contribution is 6.30. The van der Waals surface area contributed by atoms with Crippen molar-refractivity contribution in [2.24, 2.45) is 0 Å². The van der Waals surface area contributed by atoms with Gasteiger partial charge >= 0.3 is 5.69 Å². The zero-order chi connectivity index (χ0) is 13.0. The lowest BCUT2D eigenvalue weighted by Crippen LogP contribution is -2.38. The van der Waals surface area contributed by atoms with Crippen LogP contribution < -0.4 is 11.2 Å². The summed E-state index contributed by atoms with van der Waals surface area (Å²) in [7, 11) is 0. The molecule has 0 saturated carbocycles. The zero-order valence-electron chi connectivity index (χ0n) is 9.70. The number of H-pyrrole nitrogens is 1. The van der Waals surface area contributed by atoms with Crippen LogP contribution in [0.15, 0.2) is 15.8 Å². The summed E-state index contributed by atoms with van der Waals surface area (Å²) in [4.78, 5) is 37.8. The number of nitrogens with zero attached hydrogens (tertiary/aromatic N) is 2. The van der Waals surface area contributed by atoms with Crippen molar-refractivity contribution >= 4 is 17.5 Å². The van der Waals surface area contributed by atoms with Crippen LogP contribution in [0.2, 0.25) is 5.02 Å². The predicted octanol–water partition coefficient (Wildman–Crippen LogP) is 0.0584. The van der Waals surface area contributed by atoms with Gasteiger partial charge in [0.15, 0.2) is 0 Å². The molecule has 17 heavy (non-hydrogen) atoms. The molecule has 0 aliphatic carbocycles. The highest BCUT2D eigenvalue weighted by atomic mass is 35.5. The number of aromatic nitrogens is 2. The monoisotopic (exact) mass is 259 g/mol. The van der Waals surface area contributed by atoms with E-state index in [2.05, 4.69) is 0 Å². The topological polar surface area (TPSA) is 75.2 Å². The Hall–Kier alpha value is -1.56. The van der Waals surface area contributed by atoms with Crippen molar-refractivity contribution in [2.75, 3.05) is 13.1 Å². The van der Waals surface area contributed by atoms with Gasteiger partial charge in [0.05, 0.1) is 0 Å². The molecule has 0 unspecified atom stereocenters. The number of hydrogen-bond donors (Lipinski definition) is 1. The summed E-state index contributed by atoms with van der Waals surface area (Å²) in [6.45, 7) is 4.72. The Bertz CT molecular complexity index is 516. The molecule has 7 heteroatoms. The molecule has 1 heterocycles. The molecule has 0 radical (unpaired) electrons. The van der Waals surface area contributed by atoms with E-state index in [1.54, 1.807) is 4.90 Å². The highest BCUT2D eigenvalue weighted by Gasteiger charge is 2.12. The van der Waals surface area contributed by atoms with Crippen molar-refractivity contribution in [3.05, 3.63) is 32.1 Å².